The van der Waals surface area contributed by atoms with Crippen LogP contribution in [0.1, 0.15) is 26.7 Å². The van der Waals surface area contributed by atoms with Gasteiger partial charge in [-0.2, -0.15) is 0 Å². The molecule has 0 spiro atoms. The Balaban J connectivity index is -0.000000320. The van der Waals surface area contributed by atoms with Gasteiger partial charge in [-0.05, 0) is 0 Å². The van der Waals surface area contributed by atoms with Crippen LogP contribution in [0, 0.1) is 0 Å². The van der Waals surface area contributed by atoms with Crippen LogP contribution in [0.15, 0.2) is 0 Å². The molecule has 0 rings (SSSR count). The number of hydrogen-bond donors (Lipinski definition) is 0. The van der Waals surface area contributed by atoms with Crippen LogP contribution in [0.2, 0.25) is 0 Å². The van der Waals surface area contributed by atoms with Crippen molar-refractivity contribution in [2.45, 2.75) is 26.7 Å². The molecule has 0 fully saturated rings. The molecular formula is C6H10O3Zr2. The summed E-state index contributed by atoms with van der Waals surface area (Å²) >= 11 is 0. The van der Waals surface area contributed by atoms with Gasteiger partial charge in [-0.1, -0.05) is 13.8 Å². The standard InChI is InChI=1S/C6H10O3.2Zr/c1-3-5(7)9-6(8)4-2;;/h3-4H2,1-2H3;;. The molecule has 0 radical (unpaired) electrons. The molecule has 0 bridgehead atoms. The van der Waals surface area contributed by atoms with Gasteiger partial charge in [-0.15, -0.1) is 0 Å². The van der Waals surface area contributed by atoms with Crippen LogP contribution in [-0.2, 0) is 66.7 Å². The molecular weight excluding hydrogens is 303 g/mol. The number of esters is 2. The summed E-state index contributed by atoms with van der Waals surface area (Å²) in [6.07, 6.45) is 0.511. The first-order valence-electron chi connectivity index (χ1n) is 2.94. The molecule has 0 heterocycles. The SMILES string of the molecule is CCC(=O)OC(=O)CC.[Zr].[Zr]. The van der Waals surface area contributed by atoms with E-state index in [-0.39, 0.29) is 65.2 Å². The van der Waals surface area contributed by atoms with Gasteiger partial charge < -0.3 is 4.74 Å². The molecule has 0 amide bonds. The number of hydrogen-bond acceptors (Lipinski definition) is 3. The van der Waals surface area contributed by atoms with Gasteiger partial charge >= 0.3 is 11.9 Å². The van der Waals surface area contributed by atoms with E-state index in [4.69, 9.17) is 0 Å². The van der Waals surface area contributed by atoms with Crippen molar-refractivity contribution in [3.63, 3.8) is 0 Å². The third kappa shape index (κ3) is 10.9. The fourth-order valence-corrected chi connectivity index (χ4v) is 0.271. The topological polar surface area (TPSA) is 43.4 Å². The molecule has 0 unspecified atom stereocenters. The molecule has 11 heavy (non-hydrogen) atoms. The maximum atomic E-state index is 10.3. The molecule has 0 saturated carbocycles. The summed E-state index contributed by atoms with van der Waals surface area (Å²) in [6.45, 7) is 3.29. The minimum atomic E-state index is -0.457. The summed E-state index contributed by atoms with van der Waals surface area (Å²) in [6, 6.07) is 0. The van der Waals surface area contributed by atoms with Gasteiger partial charge in [0.2, 0.25) is 0 Å². The molecule has 3 nitrogen and oxygen atoms in total. The number of carbonyl (C=O) groups excluding carboxylic acids is 2. The predicted octanol–water partition coefficient (Wildman–Crippen LogP) is 0.871. The second kappa shape index (κ2) is 10.9. The van der Waals surface area contributed by atoms with E-state index in [0.717, 1.165) is 0 Å². The summed E-state index contributed by atoms with van der Waals surface area (Å²) in [5.41, 5.74) is 0. The van der Waals surface area contributed by atoms with Gasteiger partial charge in [0, 0.05) is 65.2 Å². The van der Waals surface area contributed by atoms with Gasteiger partial charge in [-0.25, -0.2) is 0 Å². The minimum Gasteiger partial charge on any atom is -0.393 e. The first kappa shape index (κ1) is 17.9. The third-order valence-corrected chi connectivity index (χ3v) is 0.805. The molecule has 0 saturated heterocycles. The van der Waals surface area contributed by atoms with Gasteiger partial charge in [0.1, 0.15) is 0 Å². The first-order chi connectivity index (χ1) is 4.20. The van der Waals surface area contributed by atoms with Crippen LogP contribution in [-0.4, -0.2) is 11.9 Å². The second-order valence-electron chi connectivity index (χ2n) is 1.55. The van der Waals surface area contributed by atoms with Gasteiger partial charge in [0.05, 0.1) is 0 Å². The van der Waals surface area contributed by atoms with Crippen LogP contribution in [0.4, 0.5) is 0 Å². The van der Waals surface area contributed by atoms with E-state index >= 15 is 0 Å². The summed E-state index contributed by atoms with van der Waals surface area (Å²) in [5, 5.41) is 0. The van der Waals surface area contributed by atoms with E-state index in [1.165, 1.54) is 0 Å². The second-order valence-corrected chi connectivity index (χ2v) is 1.55. The van der Waals surface area contributed by atoms with Crippen molar-refractivity contribution in [2.75, 3.05) is 0 Å². The van der Waals surface area contributed by atoms with Gasteiger partial charge in [0.15, 0.2) is 0 Å². The Bertz CT molecular complexity index is 111. The van der Waals surface area contributed by atoms with E-state index in [1.807, 2.05) is 0 Å². The largest absolute Gasteiger partial charge is 0.393 e. The van der Waals surface area contributed by atoms with Crippen LogP contribution >= 0.6 is 0 Å². The van der Waals surface area contributed by atoms with Crippen molar-refractivity contribution in [1.82, 2.24) is 0 Å². The van der Waals surface area contributed by atoms with Crippen molar-refractivity contribution in [3.05, 3.63) is 0 Å². The molecule has 0 aliphatic heterocycles. The number of carbonyl (C=O) groups is 2. The van der Waals surface area contributed by atoms with Crippen LogP contribution in [0.3, 0.4) is 0 Å². The van der Waals surface area contributed by atoms with E-state index in [1.54, 1.807) is 13.8 Å². The molecule has 0 aliphatic carbocycles. The molecule has 0 aromatic heterocycles. The summed E-state index contributed by atoms with van der Waals surface area (Å²) in [4.78, 5) is 20.7. The van der Waals surface area contributed by atoms with Gasteiger partial charge in [0.25, 0.3) is 0 Å². The van der Waals surface area contributed by atoms with E-state index in [2.05, 4.69) is 4.74 Å². The Morgan fingerprint density at radius 3 is 1.45 bits per heavy atom. The maximum absolute atomic E-state index is 10.3. The van der Waals surface area contributed by atoms with Gasteiger partial charge in [-0.3, -0.25) is 9.59 Å². The molecule has 60 valence electrons. The van der Waals surface area contributed by atoms with Crippen molar-refractivity contribution in [3.8, 4) is 0 Å². The zero-order valence-electron chi connectivity index (χ0n) is 6.64. The Morgan fingerprint density at radius 2 is 1.27 bits per heavy atom. The Kier molecular flexibility index (Phi) is 17.7. The number of ether oxygens (including phenoxy) is 1. The zero-order valence-corrected chi connectivity index (χ0v) is 11.6. The molecule has 0 aromatic carbocycles. The quantitative estimate of drug-likeness (QED) is 0.561. The van der Waals surface area contributed by atoms with E-state index < -0.39 is 11.9 Å². The van der Waals surface area contributed by atoms with Crippen LogP contribution in [0.5, 0.6) is 0 Å². The first-order valence-corrected chi connectivity index (χ1v) is 2.94. The average Bonchev–Trinajstić information content (AvgIpc) is 1.87. The zero-order chi connectivity index (χ0) is 7.28. The van der Waals surface area contributed by atoms with Crippen molar-refractivity contribution in [1.29, 1.82) is 0 Å². The monoisotopic (exact) mass is 310 g/mol. The number of rotatable bonds is 2. The molecule has 0 N–H and O–H groups in total. The van der Waals surface area contributed by atoms with Crippen molar-refractivity contribution >= 4 is 11.9 Å². The summed E-state index contributed by atoms with van der Waals surface area (Å²) in [5.74, 6) is -0.913. The molecule has 5 heteroatoms. The third-order valence-electron chi connectivity index (χ3n) is 0.805. The van der Waals surface area contributed by atoms with Crippen molar-refractivity contribution in [2.24, 2.45) is 0 Å². The fourth-order valence-electron chi connectivity index (χ4n) is 0.271. The van der Waals surface area contributed by atoms with E-state index in [9.17, 15) is 9.59 Å². The molecule has 0 aliphatic rings. The van der Waals surface area contributed by atoms with Crippen molar-refractivity contribution < 1.29 is 66.7 Å². The maximum Gasteiger partial charge on any atom is 0.313 e. The fraction of sp³-hybridized carbons (Fsp3) is 0.667. The predicted molar refractivity (Wildman–Crippen MR) is 31.7 cm³/mol. The van der Waals surface area contributed by atoms with E-state index in [0.29, 0.717) is 0 Å². The normalized spacial score (nSPS) is 7.09. The summed E-state index contributed by atoms with van der Waals surface area (Å²) < 4.78 is 4.27. The van der Waals surface area contributed by atoms with Crippen LogP contribution < -0.4 is 0 Å². The smallest absolute Gasteiger partial charge is 0.313 e. The minimum absolute atomic E-state index is 0. The Labute approximate surface area is 104 Å². The van der Waals surface area contributed by atoms with Crippen LogP contribution in [0.25, 0.3) is 0 Å². The molecule has 0 atom stereocenters. The molecule has 0 aromatic rings. The average molecular weight is 313 g/mol. The summed E-state index contributed by atoms with van der Waals surface area (Å²) in [7, 11) is 0. The Morgan fingerprint density at radius 1 is 1.00 bits per heavy atom. The Hall–Kier alpha value is 0.906.